The van der Waals surface area contributed by atoms with Crippen LogP contribution in [0.5, 0.6) is 0 Å². The molecule has 0 atom stereocenters. The molecule has 0 fully saturated rings. The normalized spacial score (nSPS) is 14.9. The molecule has 0 amide bonds. The summed E-state index contributed by atoms with van der Waals surface area (Å²) < 4.78 is 0. The summed E-state index contributed by atoms with van der Waals surface area (Å²) in [4.78, 5) is 25.9. The van der Waals surface area contributed by atoms with Crippen molar-refractivity contribution in [1.29, 1.82) is 0 Å². The van der Waals surface area contributed by atoms with Gasteiger partial charge in [0.1, 0.15) is 6.33 Å². The highest BCUT2D eigenvalue weighted by Crippen LogP contribution is 2.18. The van der Waals surface area contributed by atoms with Gasteiger partial charge in [0.15, 0.2) is 0 Å². The van der Waals surface area contributed by atoms with E-state index < -0.39 is 0 Å². The van der Waals surface area contributed by atoms with Gasteiger partial charge >= 0.3 is 0 Å². The molecule has 1 aliphatic rings. The van der Waals surface area contributed by atoms with E-state index in [0.29, 0.717) is 6.54 Å². The lowest BCUT2D eigenvalue weighted by molar-refractivity contribution is 0.240. The van der Waals surface area contributed by atoms with Gasteiger partial charge in [-0.2, -0.15) is 0 Å². The van der Waals surface area contributed by atoms with Crippen LogP contribution >= 0.6 is 0 Å². The maximum atomic E-state index is 12.2. The first-order valence-corrected chi connectivity index (χ1v) is 7.41. The Hall–Kier alpha value is -2.53. The van der Waals surface area contributed by atoms with E-state index in [1.165, 1.54) is 5.56 Å². The molecule has 5 nitrogen and oxygen atoms in total. The van der Waals surface area contributed by atoms with Crippen LogP contribution in [0.4, 0.5) is 0 Å². The highest BCUT2D eigenvalue weighted by atomic mass is 16.1. The van der Waals surface area contributed by atoms with Gasteiger partial charge in [0.25, 0.3) is 5.56 Å². The van der Waals surface area contributed by atoms with Gasteiger partial charge in [-0.25, -0.2) is 9.97 Å². The average Bonchev–Trinajstić information content (AvgIpc) is 2.55. The first-order chi connectivity index (χ1) is 10.8. The lowest BCUT2D eigenvalue weighted by Crippen LogP contribution is -2.32. The first-order valence-electron chi connectivity index (χ1n) is 7.41. The highest BCUT2D eigenvalue weighted by molar-refractivity contribution is 5.78. The van der Waals surface area contributed by atoms with Crippen molar-refractivity contribution in [2.45, 2.75) is 19.5 Å². The van der Waals surface area contributed by atoms with E-state index in [-0.39, 0.29) is 5.56 Å². The number of nitrogens with zero attached hydrogens (tertiary/aromatic N) is 3. The van der Waals surface area contributed by atoms with Gasteiger partial charge < -0.3 is 4.98 Å². The van der Waals surface area contributed by atoms with Crippen LogP contribution < -0.4 is 5.56 Å². The minimum absolute atomic E-state index is 0.00724. The van der Waals surface area contributed by atoms with Crippen molar-refractivity contribution >= 4 is 10.9 Å². The molecular formula is C17H16N4O. The van der Waals surface area contributed by atoms with Gasteiger partial charge in [-0.05, 0) is 29.5 Å². The molecule has 110 valence electrons. The lowest BCUT2D eigenvalue weighted by Gasteiger charge is -2.27. The Morgan fingerprint density at radius 2 is 2.18 bits per heavy atom. The second-order valence-corrected chi connectivity index (χ2v) is 5.67. The van der Waals surface area contributed by atoms with Gasteiger partial charge in [0.2, 0.25) is 0 Å². The standard InChI is InChI=1S/C17H16N4O/c22-17-14(7-12-3-1-2-4-15(12)20-17)9-21-6-5-13-8-18-11-19-16(13)10-21/h1-4,7-8,11H,5-6,9-10H2,(H,20,22). The zero-order chi connectivity index (χ0) is 14.9. The van der Waals surface area contributed by atoms with Crippen LogP contribution in [0.25, 0.3) is 10.9 Å². The molecule has 0 saturated heterocycles. The van der Waals surface area contributed by atoms with Crippen molar-refractivity contribution < 1.29 is 0 Å². The van der Waals surface area contributed by atoms with Crippen molar-refractivity contribution in [2.75, 3.05) is 6.54 Å². The number of rotatable bonds is 2. The van der Waals surface area contributed by atoms with Crippen LogP contribution in [-0.4, -0.2) is 26.4 Å². The highest BCUT2D eigenvalue weighted by Gasteiger charge is 2.18. The molecule has 0 aliphatic carbocycles. The molecule has 0 saturated carbocycles. The number of para-hydroxylation sites is 1. The van der Waals surface area contributed by atoms with E-state index in [0.717, 1.165) is 41.7 Å². The van der Waals surface area contributed by atoms with E-state index in [1.54, 1.807) is 6.33 Å². The maximum Gasteiger partial charge on any atom is 0.252 e. The molecule has 4 rings (SSSR count). The largest absolute Gasteiger partial charge is 0.322 e. The van der Waals surface area contributed by atoms with Gasteiger partial charge in [-0.1, -0.05) is 18.2 Å². The summed E-state index contributed by atoms with van der Waals surface area (Å²) in [5.74, 6) is 0. The van der Waals surface area contributed by atoms with Crippen LogP contribution in [0.2, 0.25) is 0 Å². The number of hydrogen-bond donors (Lipinski definition) is 1. The molecule has 22 heavy (non-hydrogen) atoms. The fraction of sp³-hybridized carbons (Fsp3) is 0.235. The van der Waals surface area contributed by atoms with Gasteiger partial charge in [0, 0.05) is 36.9 Å². The van der Waals surface area contributed by atoms with Crippen LogP contribution in [0.15, 0.2) is 47.7 Å². The molecular weight excluding hydrogens is 276 g/mol. The Morgan fingerprint density at radius 3 is 3.14 bits per heavy atom. The molecule has 0 bridgehead atoms. The molecule has 0 unspecified atom stereocenters. The van der Waals surface area contributed by atoms with Crippen molar-refractivity contribution in [2.24, 2.45) is 0 Å². The number of fused-ring (bicyclic) bond motifs is 2. The fourth-order valence-corrected chi connectivity index (χ4v) is 2.99. The number of hydrogen-bond acceptors (Lipinski definition) is 4. The third-order valence-corrected chi connectivity index (χ3v) is 4.18. The minimum Gasteiger partial charge on any atom is -0.322 e. The molecule has 3 heterocycles. The van der Waals surface area contributed by atoms with E-state index in [9.17, 15) is 4.79 Å². The predicted octanol–water partition coefficient (Wildman–Crippen LogP) is 1.88. The summed E-state index contributed by atoms with van der Waals surface area (Å²) in [5.41, 5.74) is 3.96. The SMILES string of the molecule is O=c1[nH]c2ccccc2cc1CN1CCc2cncnc2C1. The minimum atomic E-state index is -0.00724. The van der Waals surface area contributed by atoms with Crippen LogP contribution in [0.1, 0.15) is 16.8 Å². The summed E-state index contributed by atoms with van der Waals surface area (Å²) >= 11 is 0. The third-order valence-electron chi connectivity index (χ3n) is 4.18. The number of nitrogens with one attached hydrogen (secondary N) is 1. The third kappa shape index (κ3) is 2.40. The molecule has 1 aliphatic heterocycles. The number of pyridine rings is 1. The van der Waals surface area contributed by atoms with Gasteiger partial charge in [0.05, 0.1) is 5.69 Å². The summed E-state index contributed by atoms with van der Waals surface area (Å²) in [5, 5.41) is 1.07. The number of aromatic amines is 1. The van der Waals surface area contributed by atoms with Gasteiger partial charge in [-0.3, -0.25) is 9.69 Å². The summed E-state index contributed by atoms with van der Waals surface area (Å²) in [6.45, 7) is 2.33. The van der Waals surface area contributed by atoms with Crippen LogP contribution in [0, 0.1) is 0 Å². The topological polar surface area (TPSA) is 61.9 Å². The summed E-state index contributed by atoms with van der Waals surface area (Å²) in [6.07, 6.45) is 4.41. The van der Waals surface area contributed by atoms with Crippen molar-refractivity contribution in [3.05, 3.63) is 70.0 Å². The number of H-pyrrole nitrogens is 1. The molecule has 1 aromatic carbocycles. The second-order valence-electron chi connectivity index (χ2n) is 5.67. The van der Waals surface area contributed by atoms with E-state index in [2.05, 4.69) is 19.9 Å². The van der Waals surface area contributed by atoms with Crippen LogP contribution in [0.3, 0.4) is 0 Å². The number of aromatic nitrogens is 3. The Balaban J connectivity index is 1.62. The molecule has 5 heteroatoms. The molecule has 0 spiro atoms. The van der Waals surface area contributed by atoms with E-state index >= 15 is 0 Å². The Labute approximate surface area is 127 Å². The summed E-state index contributed by atoms with van der Waals surface area (Å²) in [7, 11) is 0. The summed E-state index contributed by atoms with van der Waals surface area (Å²) in [6, 6.07) is 9.85. The Morgan fingerprint density at radius 1 is 1.27 bits per heavy atom. The smallest absolute Gasteiger partial charge is 0.252 e. The van der Waals surface area contributed by atoms with Crippen molar-refractivity contribution in [3.63, 3.8) is 0 Å². The average molecular weight is 292 g/mol. The quantitative estimate of drug-likeness (QED) is 0.783. The van der Waals surface area contributed by atoms with Crippen LogP contribution in [-0.2, 0) is 19.5 Å². The lowest BCUT2D eigenvalue weighted by atomic mass is 10.1. The van der Waals surface area contributed by atoms with E-state index in [1.807, 2.05) is 36.5 Å². The van der Waals surface area contributed by atoms with Gasteiger partial charge in [-0.15, -0.1) is 0 Å². The molecule has 1 N–H and O–H groups in total. The van der Waals surface area contributed by atoms with Crippen molar-refractivity contribution in [3.8, 4) is 0 Å². The monoisotopic (exact) mass is 292 g/mol. The predicted molar refractivity (Wildman–Crippen MR) is 84.4 cm³/mol. The Kier molecular flexibility index (Phi) is 3.20. The van der Waals surface area contributed by atoms with Crippen molar-refractivity contribution in [1.82, 2.24) is 19.9 Å². The molecule has 2 aromatic heterocycles. The number of benzene rings is 1. The second kappa shape index (κ2) is 5.35. The zero-order valence-corrected chi connectivity index (χ0v) is 12.1. The fourth-order valence-electron chi connectivity index (χ4n) is 2.99. The Bertz CT molecular complexity index is 887. The maximum absolute atomic E-state index is 12.2. The molecule has 3 aromatic rings. The van der Waals surface area contributed by atoms with E-state index in [4.69, 9.17) is 0 Å². The zero-order valence-electron chi connectivity index (χ0n) is 12.1. The molecule has 0 radical (unpaired) electrons. The first kappa shape index (κ1) is 13.2.